The average molecular weight is 212 g/mol. The molecule has 1 aliphatic rings. The largest absolute Gasteiger partial charge is 0.368 e. The molecule has 0 saturated heterocycles. The highest BCUT2D eigenvalue weighted by molar-refractivity contribution is 5.85. The summed E-state index contributed by atoms with van der Waals surface area (Å²) in [6, 6.07) is 0.353. The predicted octanol–water partition coefficient (Wildman–Crippen LogP) is 1.81. The van der Waals surface area contributed by atoms with Crippen molar-refractivity contribution < 1.29 is 4.79 Å². The van der Waals surface area contributed by atoms with Crippen molar-refractivity contribution in [3.05, 3.63) is 0 Å². The molecule has 0 heterocycles. The van der Waals surface area contributed by atoms with E-state index < -0.39 is 5.54 Å². The number of hydrogen-bond acceptors (Lipinski definition) is 2. The minimum Gasteiger partial charge on any atom is -0.368 e. The molecule has 3 heteroatoms. The summed E-state index contributed by atoms with van der Waals surface area (Å²) in [7, 11) is 0. The minimum absolute atomic E-state index is 0.187. The van der Waals surface area contributed by atoms with Gasteiger partial charge in [0.2, 0.25) is 5.91 Å². The molecular weight excluding hydrogens is 188 g/mol. The number of carbonyl (C=O) groups excluding carboxylic acids is 1. The lowest BCUT2D eigenvalue weighted by atomic mass is 9.87. The van der Waals surface area contributed by atoms with Crippen molar-refractivity contribution in [1.29, 1.82) is 0 Å². The van der Waals surface area contributed by atoms with Crippen molar-refractivity contribution in [3.63, 3.8) is 0 Å². The molecule has 0 aromatic carbocycles. The quantitative estimate of drug-likeness (QED) is 0.746. The van der Waals surface area contributed by atoms with Crippen LogP contribution in [0.5, 0.6) is 0 Å². The fraction of sp³-hybridized carbons (Fsp3) is 0.917. The smallest absolute Gasteiger partial charge is 0.237 e. The Labute approximate surface area is 92.8 Å². The molecule has 0 aromatic heterocycles. The zero-order chi connectivity index (χ0) is 11.7. The van der Waals surface area contributed by atoms with Gasteiger partial charge in [0.25, 0.3) is 0 Å². The van der Waals surface area contributed by atoms with Crippen LogP contribution in [0.1, 0.15) is 53.4 Å². The molecular formula is C12H24N2O. The zero-order valence-corrected chi connectivity index (χ0v) is 10.4. The molecule has 0 aromatic rings. The number of primary amides is 1. The maximum atomic E-state index is 11.6. The average Bonchev–Trinajstić information content (AvgIpc) is 2.43. The maximum Gasteiger partial charge on any atom is 0.237 e. The molecule has 2 unspecified atom stereocenters. The Morgan fingerprint density at radius 2 is 2.07 bits per heavy atom. The molecule has 1 saturated carbocycles. The third-order valence-corrected chi connectivity index (χ3v) is 3.62. The molecule has 3 nitrogen and oxygen atoms in total. The molecule has 1 aliphatic carbocycles. The van der Waals surface area contributed by atoms with E-state index in [1.807, 2.05) is 0 Å². The lowest BCUT2D eigenvalue weighted by molar-refractivity contribution is -0.124. The molecule has 3 N–H and O–H groups in total. The SMILES string of the molecule is CCC(C)NC1(C(N)=O)CCC(C)(C)C1. The van der Waals surface area contributed by atoms with Gasteiger partial charge < -0.3 is 11.1 Å². The van der Waals surface area contributed by atoms with E-state index >= 15 is 0 Å². The summed E-state index contributed by atoms with van der Waals surface area (Å²) in [6.07, 6.45) is 3.83. The highest BCUT2D eigenvalue weighted by Gasteiger charge is 2.47. The lowest BCUT2D eigenvalue weighted by Gasteiger charge is -2.32. The van der Waals surface area contributed by atoms with E-state index in [0.717, 1.165) is 25.7 Å². The van der Waals surface area contributed by atoms with Gasteiger partial charge in [-0.2, -0.15) is 0 Å². The molecule has 88 valence electrons. The minimum atomic E-state index is -0.459. The second-order valence-corrected chi connectivity index (χ2v) is 5.74. The second kappa shape index (κ2) is 4.12. The Bertz CT molecular complexity index is 250. The first-order chi connectivity index (χ1) is 6.81. The molecule has 1 fully saturated rings. The van der Waals surface area contributed by atoms with Crippen molar-refractivity contribution in [3.8, 4) is 0 Å². The van der Waals surface area contributed by atoms with Gasteiger partial charge >= 0.3 is 0 Å². The number of amides is 1. The topological polar surface area (TPSA) is 55.1 Å². The Hall–Kier alpha value is -0.570. The molecule has 0 bridgehead atoms. The molecule has 15 heavy (non-hydrogen) atoms. The van der Waals surface area contributed by atoms with Crippen molar-refractivity contribution in [1.82, 2.24) is 5.32 Å². The van der Waals surface area contributed by atoms with Crippen molar-refractivity contribution in [2.24, 2.45) is 11.1 Å². The van der Waals surface area contributed by atoms with Crippen LogP contribution in [0.2, 0.25) is 0 Å². The summed E-state index contributed by atoms with van der Waals surface area (Å²) in [4.78, 5) is 11.6. The fourth-order valence-corrected chi connectivity index (χ4v) is 2.52. The molecule has 0 spiro atoms. The van der Waals surface area contributed by atoms with E-state index in [9.17, 15) is 4.79 Å². The van der Waals surface area contributed by atoms with Gasteiger partial charge in [0.1, 0.15) is 0 Å². The van der Waals surface area contributed by atoms with E-state index in [4.69, 9.17) is 5.73 Å². The predicted molar refractivity (Wildman–Crippen MR) is 62.4 cm³/mol. The monoisotopic (exact) mass is 212 g/mol. The van der Waals surface area contributed by atoms with Crippen molar-refractivity contribution in [2.75, 3.05) is 0 Å². The van der Waals surface area contributed by atoms with Gasteiger partial charge in [0.15, 0.2) is 0 Å². The number of nitrogens with one attached hydrogen (secondary N) is 1. The fourth-order valence-electron chi connectivity index (χ4n) is 2.52. The summed E-state index contributed by atoms with van der Waals surface area (Å²) in [5, 5.41) is 3.42. The van der Waals surface area contributed by atoms with Crippen molar-refractivity contribution >= 4 is 5.91 Å². The summed E-state index contributed by atoms with van der Waals surface area (Å²) in [6.45, 7) is 8.63. The van der Waals surface area contributed by atoms with Gasteiger partial charge in [-0.25, -0.2) is 0 Å². The number of carbonyl (C=O) groups is 1. The van der Waals surface area contributed by atoms with E-state index in [-0.39, 0.29) is 11.3 Å². The van der Waals surface area contributed by atoms with Gasteiger partial charge in [-0.3, -0.25) is 4.79 Å². The molecule has 1 amide bonds. The standard InChI is InChI=1S/C12H24N2O/c1-5-9(2)14-12(10(13)15)7-6-11(3,4)8-12/h9,14H,5-8H2,1-4H3,(H2,13,15). The van der Waals surface area contributed by atoms with Crippen LogP contribution in [0.3, 0.4) is 0 Å². The van der Waals surface area contributed by atoms with Crippen LogP contribution >= 0.6 is 0 Å². The Kier molecular flexibility index (Phi) is 3.44. The van der Waals surface area contributed by atoms with Crippen molar-refractivity contribution in [2.45, 2.75) is 65.0 Å². The first-order valence-corrected chi connectivity index (χ1v) is 5.89. The van der Waals surface area contributed by atoms with Gasteiger partial charge in [0, 0.05) is 6.04 Å². The highest BCUT2D eigenvalue weighted by atomic mass is 16.1. The molecule has 2 atom stereocenters. The van der Waals surface area contributed by atoms with E-state index in [2.05, 4.69) is 33.0 Å². The molecule has 0 radical (unpaired) electrons. The summed E-state index contributed by atoms with van der Waals surface area (Å²) >= 11 is 0. The first-order valence-electron chi connectivity index (χ1n) is 5.89. The van der Waals surface area contributed by atoms with Crippen LogP contribution in [0.15, 0.2) is 0 Å². The zero-order valence-electron chi connectivity index (χ0n) is 10.4. The highest BCUT2D eigenvalue weighted by Crippen LogP contribution is 2.43. The number of nitrogens with two attached hydrogens (primary N) is 1. The Morgan fingerprint density at radius 1 is 1.47 bits per heavy atom. The van der Waals surface area contributed by atoms with Crippen LogP contribution in [-0.4, -0.2) is 17.5 Å². The second-order valence-electron chi connectivity index (χ2n) is 5.74. The number of rotatable bonds is 4. The van der Waals surface area contributed by atoms with Crippen LogP contribution in [0.4, 0.5) is 0 Å². The molecule has 0 aliphatic heterocycles. The summed E-state index contributed by atoms with van der Waals surface area (Å²) < 4.78 is 0. The van der Waals surface area contributed by atoms with E-state index in [1.165, 1.54) is 0 Å². The third kappa shape index (κ3) is 2.71. The van der Waals surface area contributed by atoms with E-state index in [0.29, 0.717) is 6.04 Å². The van der Waals surface area contributed by atoms with Gasteiger partial charge in [-0.05, 0) is 38.0 Å². The Balaban J connectivity index is 2.78. The van der Waals surface area contributed by atoms with Crippen LogP contribution in [0.25, 0.3) is 0 Å². The summed E-state index contributed by atoms with van der Waals surface area (Å²) in [5.41, 5.74) is 5.33. The van der Waals surface area contributed by atoms with Gasteiger partial charge in [0.05, 0.1) is 5.54 Å². The first kappa shape index (κ1) is 12.5. The van der Waals surface area contributed by atoms with Gasteiger partial charge in [-0.1, -0.05) is 20.8 Å². The Morgan fingerprint density at radius 3 is 2.40 bits per heavy atom. The van der Waals surface area contributed by atoms with Gasteiger partial charge in [-0.15, -0.1) is 0 Å². The molecule has 1 rings (SSSR count). The van der Waals surface area contributed by atoms with Crippen LogP contribution < -0.4 is 11.1 Å². The lowest BCUT2D eigenvalue weighted by Crippen LogP contribution is -2.56. The maximum absolute atomic E-state index is 11.6. The summed E-state index contributed by atoms with van der Waals surface area (Å²) in [5.74, 6) is -0.187. The number of hydrogen-bond donors (Lipinski definition) is 2. The van der Waals surface area contributed by atoms with E-state index in [1.54, 1.807) is 0 Å². The normalized spacial score (nSPS) is 31.5. The third-order valence-electron chi connectivity index (χ3n) is 3.62. The van der Waals surface area contributed by atoms with Crippen LogP contribution in [0, 0.1) is 5.41 Å². The van der Waals surface area contributed by atoms with Crippen LogP contribution in [-0.2, 0) is 4.79 Å².